The van der Waals surface area contributed by atoms with Crippen LogP contribution < -0.4 is 0 Å². The maximum atomic E-state index is 3.84. The Hall–Kier alpha value is -0.260. The van der Waals surface area contributed by atoms with E-state index in [4.69, 9.17) is 0 Å². The van der Waals surface area contributed by atoms with Crippen molar-refractivity contribution in [3.63, 3.8) is 0 Å². The van der Waals surface area contributed by atoms with E-state index in [2.05, 4.69) is 26.8 Å². The van der Waals surface area contributed by atoms with Crippen LogP contribution in [0.2, 0.25) is 0 Å². The average molecular weight is 139 g/mol. The Balaban J connectivity index is 3.55. The molecule has 0 amide bonds. The molecule has 0 aromatic rings. The fraction of sp³-hybridized carbons (Fsp3) is 0.700. The molecule has 0 heteroatoms. The number of rotatable bonds is 5. The van der Waals surface area contributed by atoms with Crippen LogP contribution in [0.1, 0.15) is 46.0 Å². The van der Waals surface area contributed by atoms with Crippen molar-refractivity contribution in [3.8, 4) is 0 Å². The molecule has 0 fully saturated rings. The maximum Gasteiger partial charge on any atom is -0.0320 e. The highest BCUT2D eigenvalue weighted by atomic mass is 14.0. The standard InChI is InChI=1S/C10H19/c1-4-7-9-10(6-3)8-5-2/h9H,2,4-8H2,1,3H3. The van der Waals surface area contributed by atoms with Crippen molar-refractivity contribution < 1.29 is 0 Å². The first kappa shape index (κ1) is 9.74. The van der Waals surface area contributed by atoms with Crippen LogP contribution in [0, 0.1) is 6.92 Å². The van der Waals surface area contributed by atoms with Gasteiger partial charge in [-0.25, -0.2) is 0 Å². The first-order chi connectivity index (χ1) is 4.85. The first-order valence-electron chi connectivity index (χ1n) is 4.32. The molecule has 1 radical (unpaired) electrons. The molecule has 0 saturated heterocycles. The van der Waals surface area contributed by atoms with Gasteiger partial charge in [-0.05, 0) is 25.7 Å². The summed E-state index contributed by atoms with van der Waals surface area (Å²) >= 11 is 0. The fourth-order valence-electron chi connectivity index (χ4n) is 0.999. The van der Waals surface area contributed by atoms with Gasteiger partial charge in [0.15, 0.2) is 0 Å². The third kappa shape index (κ3) is 4.60. The topological polar surface area (TPSA) is 0 Å². The highest BCUT2D eigenvalue weighted by molar-refractivity contribution is 5.00. The Kier molecular flexibility index (Phi) is 6.68. The van der Waals surface area contributed by atoms with Gasteiger partial charge < -0.3 is 0 Å². The lowest BCUT2D eigenvalue weighted by Crippen LogP contribution is -1.80. The van der Waals surface area contributed by atoms with E-state index in [1.165, 1.54) is 25.7 Å². The summed E-state index contributed by atoms with van der Waals surface area (Å²) in [6.07, 6.45) is 8.31. The van der Waals surface area contributed by atoms with Crippen molar-refractivity contribution in [3.05, 3.63) is 18.6 Å². The SMILES string of the molecule is [CH2]CCC(=CCCC)CC. The zero-order valence-corrected chi connectivity index (χ0v) is 7.32. The van der Waals surface area contributed by atoms with E-state index in [0.717, 1.165) is 6.42 Å². The first-order valence-corrected chi connectivity index (χ1v) is 4.32. The highest BCUT2D eigenvalue weighted by Crippen LogP contribution is 2.10. The minimum atomic E-state index is 1.05. The second-order valence-corrected chi connectivity index (χ2v) is 2.61. The third-order valence-electron chi connectivity index (χ3n) is 1.67. The Morgan fingerprint density at radius 3 is 2.50 bits per heavy atom. The van der Waals surface area contributed by atoms with Gasteiger partial charge in [-0.2, -0.15) is 0 Å². The van der Waals surface area contributed by atoms with Gasteiger partial charge in [0.25, 0.3) is 0 Å². The molecule has 0 spiro atoms. The summed E-state index contributed by atoms with van der Waals surface area (Å²) in [5.74, 6) is 0. The van der Waals surface area contributed by atoms with Gasteiger partial charge in [-0.3, -0.25) is 0 Å². The lowest BCUT2D eigenvalue weighted by atomic mass is 10.1. The lowest BCUT2D eigenvalue weighted by Gasteiger charge is -2.00. The van der Waals surface area contributed by atoms with Gasteiger partial charge in [0, 0.05) is 0 Å². The summed E-state index contributed by atoms with van der Waals surface area (Å²) in [5.41, 5.74) is 1.58. The lowest BCUT2D eigenvalue weighted by molar-refractivity contribution is 0.868. The third-order valence-corrected chi connectivity index (χ3v) is 1.67. The molecule has 10 heavy (non-hydrogen) atoms. The van der Waals surface area contributed by atoms with Gasteiger partial charge in [0.05, 0.1) is 0 Å². The van der Waals surface area contributed by atoms with Gasteiger partial charge >= 0.3 is 0 Å². The van der Waals surface area contributed by atoms with Crippen LogP contribution in [0.5, 0.6) is 0 Å². The smallest absolute Gasteiger partial charge is 0.0320 e. The van der Waals surface area contributed by atoms with Crippen LogP contribution in [0.3, 0.4) is 0 Å². The van der Waals surface area contributed by atoms with Crippen molar-refractivity contribution in [2.45, 2.75) is 46.0 Å². The zero-order chi connectivity index (χ0) is 7.82. The van der Waals surface area contributed by atoms with E-state index in [1.807, 2.05) is 0 Å². The summed E-state index contributed by atoms with van der Waals surface area (Å²) in [4.78, 5) is 0. The molecule has 0 aliphatic rings. The predicted molar refractivity (Wildman–Crippen MR) is 47.9 cm³/mol. The minimum absolute atomic E-state index is 1.05. The number of hydrogen-bond acceptors (Lipinski definition) is 0. The number of unbranched alkanes of at least 4 members (excludes halogenated alkanes) is 1. The molecule has 0 aliphatic carbocycles. The number of hydrogen-bond donors (Lipinski definition) is 0. The molecule has 0 heterocycles. The van der Waals surface area contributed by atoms with Crippen LogP contribution in [0.25, 0.3) is 0 Å². The molecule has 0 N–H and O–H groups in total. The van der Waals surface area contributed by atoms with Crippen LogP contribution >= 0.6 is 0 Å². The molecular weight excluding hydrogens is 120 g/mol. The molecule has 0 saturated carbocycles. The van der Waals surface area contributed by atoms with Crippen LogP contribution in [0.4, 0.5) is 0 Å². The van der Waals surface area contributed by atoms with Crippen molar-refractivity contribution in [1.29, 1.82) is 0 Å². The molecule has 0 rings (SSSR count). The fourth-order valence-corrected chi connectivity index (χ4v) is 0.999. The largest absolute Gasteiger partial charge is 0.0854 e. The van der Waals surface area contributed by atoms with Gasteiger partial charge in [-0.1, -0.05) is 38.8 Å². The predicted octanol–water partition coefficient (Wildman–Crippen LogP) is 3.74. The number of allylic oxidation sites excluding steroid dienone is 2. The van der Waals surface area contributed by atoms with E-state index in [1.54, 1.807) is 5.57 Å². The second-order valence-electron chi connectivity index (χ2n) is 2.61. The van der Waals surface area contributed by atoms with Crippen molar-refractivity contribution in [2.24, 2.45) is 0 Å². The molecular formula is C10H19. The van der Waals surface area contributed by atoms with Gasteiger partial charge in [-0.15, -0.1) is 0 Å². The van der Waals surface area contributed by atoms with Crippen molar-refractivity contribution >= 4 is 0 Å². The molecule has 0 bridgehead atoms. The zero-order valence-electron chi connectivity index (χ0n) is 7.32. The van der Waals surface area contributed by atoms with E-state index in [0.29, 0.717) is 0 Å². The molecule has 0 atom stereocenters. The normalized spacial score (nSPS) is 12.1. The van der Waals surface area contributed by atoms with Crippen molar-refractivity contribution in [1.82, 2.24) is 0 Å². The van der Waals surface area contributed by atoms with Crippen LogP contribution in [-0.4, -0.2) is 0 Å². The van der Waals surface area contributed by atoms with E-state index in [9.17, 15) is 0 Å². The average Bonchev–Trinajstić information content (AvgIpc) is 1.98. The Morgan fingerprint density at radius 1 is 1.40 bits per heavy atom. The van der Waals surface area contributed by atoms with E-state index < -0.39 is 0 Å². The molecule has 0 unspecified atom stereocenters. The summed E-state index contributed by atoms with van der Waals surface area (Å²) in [6, 6.07) is 0. The highest BCUT2D eigenvalue weighted by Gasteiger charge is 1.89. The molecule has 0 aromatic heterocycles. The summed E-state index contributed by atoms with van der Waals surface area (Å²) < 4.78 is 0. The Bertz CT molecular complexity index is 90.2. The van der Waals surface area contributed by atoms with Crippen molar-refractivity contribution in [2.75, 3.05) is 0 Å². The molecule has 59 valence electrons. The van der Waals surface area contributed by atoms with E-state index >= 15 is 0 Å². The van der Waals surface area contributed by atoms with Gasteiger partial charge in [0.1, 0.15) is 0 Å². The summed E-state index contributed by atoms with van der Waals surface area (Å²) in [6.45, 7) is 8.28. The maximum absolute atomic E-state index is 3.84. The van der Waals surface area contributed by atoms with Crippen LogP contribution in [0.15, 0.2) is 11.6 Å². The quantitative estimate of drug-likeness (QED) is 0.509. The van der Waals surface area contributed by atoms with E-state index in [-0.39, 0.29) is 0 Å². The Morgan fingerprint density at radius 2 is 2.10 bits per heavy atom. The summed E-state index contributed by atoms with van der Waals surface area (Å²) in [5, 5.41) is 0. The van der Waals surface area contributed by atoms with Crippen LogP contribution in [-0.2, 0) is 0 Å². The Labute approximate surface area is 65.3 Å². The van der Waals surface area contributed by atoms with Gasteiger partial charge in [0.2, 0.25) is 0 Å². The molecule has 0 aromatic carbocycles. The summed E-state index contributed by atoms with van der Waals surface area (Å²) in [7, 11) is 0. The molecule has 0 aliphatic heterocycles. The minimum Gasteiger partial charge on any atom is -0.0854 e. The second kappa shape index (κ2) is 6.85. The molecule has 0 nitrogen and oxygen atoms in total. The monoisotopic (exact) mass is 139 g/mol.